The fraction of sp³-hybridized carbons (Fsp3) is 0.471. The van der Waals surface area contributed by atoms with Crippen molar-refractivity contribution in [1.29, 1.82) is 0 Å². The average molecular weight is 315 g/mol. The fourth-order valence-corrected chi connectivity index (χ4v) is 3.28. The number of carbonyl (C=O) groups is 1. The number of rotatable bonds is 3. The summed E-state index contributed by atoms with van der Waals surface area (Å²) >= 11 is 0. The molecule has 1 heterocycles. The molecule has 1 aromatic heterocycles. The third kappa shape index (κ3) is 3.21. The van der Waals surface area contributed by atoms with Crippen molar-refractivity contribution in [1.82, 2.24) is 15.1 Å². The van der Waals surface area contributed by atoms with Crippen LogP contribution in [0.4, 0.5) is 0 Å². The molecule has 2 atom stereocenters. The minimum absolute atomic E-state index is 0.152. The molecular weight excluding hydrogens is 294 g/mol. The quantitative estimate of drug-likeness (QED) is 0.897. The topological polar surface area (TPSA) is 84.0 Å². The van der Waals surface area contributed by atoms with E-state index in [1.165, 1.54) is 6.42 Å². The van der Waals surface area contributed by atoms with Gasteiger partial charge in [0, 0.05) is 6.04 Å². The molecule has 0 bridgehead atoms. The molecule has 0 saturated heterocycles. The van der Waals surface area contributed by atoms with Crippen molar-refractivity contribution >= 4 is 16.7 Å². The molecule has 6 nitrogen and oxygen atoms in total. The number of aromatic nitrogens is 2. The summed E-state index contributed by atoms with van der Waals surface area (Å²) in [6, 6.07) is 6.77. The lowest BCUT2D eigenvalue weighted by atomic mass is 9.86. The number of carbonyl (C=O) groups excluding carboxylic acids is 1. The number of nitrogens with one attached hydrogen (secondary N) is 2. The van der Waals surface area contributed by atoms with Crippen molar-refractivity contribution in [3.63, 3.8) is 0 Å². The van der Waals surface area contributed by atoms with Crippen LogP contribution >= 0.6 is 0 Å². The van der Waals surface area contributed by atoms with Gasteiger partial charge in [-0.2, -0.15) is 0 Å². The van der Waals surface area contributed by atoms with Gasteiger partial charge in [0.2, 0.25) is 5.91 Å². The molecule has 6 heteroatoms. The molecule has 2 N–H and O–H groups in total. The second-order valence-electron chi connectivity index (χ2n) is 6.31. The van der Waals surface area contributed by atoms with Crippen LogP contribution in [0.1, 0.15) is 32.6 Å². The summed E-state index contributed by atoms with van der Waals surface area (Å²) in [6.07, 6.45) is 4.39. The largest absolute Gasteiger partial charge is 0.351 e. The van der Waals surface area contributed by atoms with Gasteiger partial charge in [-0.25, -0.2) is 4.68 Å². The molecule has 122 valence electrons. The van der Waals surface area contributed by atoms with Crippen LogP contribution in [0.25, 0.3) is 10.8 Å². The zero-order chi connectivity index (χ0) is 16.4. The number of nitrogens with zero attached hydrogens (tertiary/aromatic N) is 1. The normalized spacial score (nSPS) is 21.3. The first kappa shape index (κ1) is 15.5. The zero-order valence-corrected chi connectivity index (χ0v) is 13.2. The molecule has 1 fully saturated rings. The van der Waals surface area contributed by atoms with E-state index in [1.807, 2.05) is 0 Å². The molecule has 1 amide bonds. The summed E-state index contributed by atoms with van der Waals surface area (Å²) in [4.78, 5) is 36.6. The van der Waals surface area contributed by atoms with Gasteiger partial charge in [0.05, 0.1) is 10.8 Å². The van der Waals surface area contributed by atoms with E-state index in [4.69, 9.17) is 0 Å². The summed E-state index contributed by atoms with van der Waals surface area (Å²) in [5.74, 6) is 0.205. The second-order valence-corrected chi connectivity index (χ2v) is 6.31. The van der Waals surface area contributed by atoms with E-state index in [0.717, 1.165) is 23.9 Å². The lowest BCUT2D eigenvalue weighted by Gasteiger charge is -2.29. The van der Waals surface area contributed by atoms with Crippen LogP contribution in [0, 0.1) is 5.92 Å². The molecule has 0 radical (unpaired) electrons. The van der Waals surface area contributed by atoms with Gasteiger partial charge in [-0.05, 0) is 30.9 Å². The van der Waals surface area contributed by atoms with Crippen molar-refractivity contribution < 1.29 is 4.79 Å². The molecule has 2 aromatic rings. The maximum absolute atomic E-state index is 12.4. The van der Waals surface area contributed by atoms with Gasteiger partial charge in [-0.1, -0.05) is 31.9 Å². The Morgan fingerprint density at radius 2 is 1.91 bits per heavy atom. The van der Waals surface area contributed by atoms with E-state index in [2.05, 4.69) is 17.3 Å². The van der Waals surface area contributed by atoms with E-state index < -0.39 is 0 Å². The van der Waals surface area contributed by atoms with Crippen molar-refractivity contribution in [2.24, 2.45) is 5.92 Å². The van der Waals surface area contributed by atoms with Crippen LogP contribution in [0.3, 0.4) is 0 Å². The lowest BCUT2D eigenvalue weighted by molar-refractivity contribution is -0.123. The maximum atomic E-state index is 12.4. The van der Waals surface area contributed by atoms with Crippen LogP contribution in [0.5, 0.6) is 0 Å². The molecule has 0 spiro atoms. The molecule has 0 aliphatic heterocycles. The molecule has 0 unspecified atom stereocenters. The van der Waals surface area contributed by atoms with Gasteiger partial charge in [-0.3, -0.25) is 19.5 Å². The Balaban J connectivity index is 1.81. The van der Waals surface area contributed by atoms with Gasteiger partial charge in [0.1, 0.15) is 6.54 Å². The number of benzene rings is 1. The van der Waals surface area contributed by atoms with Crippen molar-refractivity contribution in [2.75, 3.05) is 0 Å². The van der Waals surface area contributed by atoms with E-state index in [0.29, 0.717) is 16.7 Å². The van der Waals surface area contributed by atoms with Crippen LogP contribution in [0.2, 0.25) is 0 Å². The van der Waals surface area contributed by atoms with Crippen molar-refractivity contribution in [2.45, 2.75) is 45.2 Å². The maximum Gasteiger partial charge on any atom is 0.273 e. The summed E-state index contributed by atoms with van der Waals surface area (Å²) in [5, 5.41) is 6.15. The van der Waals surface area contributed by atoms with E-state index >= 15 is 0 Å². The number of aromatic amines is 1. The lowest BCUT2D eigenvalue weighted by Crippen LogP contribution is -2.44. The number of H-pyrrole nitrogens is 1. The first-order valence-electron chi connectivity index (χ1n) is 8.07. The van der Waals surface area contributed by atoms with Gasteiger partial charge in [0.25, 0.3) is 11.1 Å². The number of hydrogen-bond acceptors (Lipinski definition) is 3. The highest BCUT2D eigenvalue weighted by Gasteiger charge is 2.23. The van der Waals surface area contributed by atoms with Crippen LogP contribution in [0.15, 0.2) is 33.9 Å². The van der Waals surface area contributed by atoms with Crippen LogP contribution < -0.4 is 16.4 Å². The second kappa shape index (κ2) is 6.40. The molecule has 1 aliphatic carbocycles. The first-order valence-corrected chi connectivity index (χ1v) is 8.07. The van der Waals surface area contributed by atoms with Crippen molar-refractivity contribution in [3.8, 4) is 0 Å². The minimum Gasteiger partial charge on any atom is -0.351 e. The molecule has 23 heavy (non-hydrogen) atoms. The highest BCUT2D eigenvalue weighted by Crippen LogP contribution is 2.23. The Labute approximate surface area is 133 Å². The first-order chi connectivity index (χ1) is 11.1. The Morgan fingerprint density at radius 3 is 2.65 bits per heavy atom. The molecule has 1 saturated carbocycles. The average Bonchev–Trinajstić information content (AvgIpc) is 2.54. The Hall–Kier alpha value is -2.37. The monoisotopic (exact) mass is 315 g/mol. The standard InChI is InChI=1S/C17H21N3O3/c1-11-6-2-5-9-14(11)18-15(21)10-20-17(23)13-8-4-3-7-12(13)16(22)19-20/h3-4,7-8,11,14H,2,5-6,9-10H2,1H3,(H,18,21)(H,19,22)/t11-,14-/m1/s1. The summed E-state index contributed by atoms with van der Waals surface area (Å²) in [7, 11) is 0. The Bertz CT molecular complexity index is 837. The summed E-state index contributed by atoms with van der Waals surface area (Å²) in [5.41, 5.74) is -0.717. The molecule has 1 aliphatic rings. The SMILES string of the molecule is C[C@@H]1CCCC[C@H]1NC(=O)Cn1[nH]c(=O)c2ccccc2c1=O. The van der Waals surface area contributed by atoms with E-state index in [9.17, 15) is 14.4 Å². The molecule has 1 aromatic carbocycles. The summed E-state index contributed by atoms with van der Waals surface area (Å²) in [6.45, 7) is 1.97. The third-order valence-corrected chi connectivity index (χ3v) is 4.64. The summed E-state index contributed by atoms with van der Waals surface area (Å²) < 4.78 is 1.09. The Morgan fingerprint density at radius 1 is 1.22 bits per heavy atom. The number of hydrogen-bond donors (Lipinski definition) is 2. The molecular formula is C17H21N3O3. The van der Waals surface area contributed by atoms with Gasteiger partial charge in [0.15, 0.2) is 0 Å². The highest BCUT2D eigenvalue weighted by atomic mass is 16.2. The van der Waals surface area contributed by atoms with Crippen LogP contribution in [-0.4, -0.2) is 21.7 Å². The predicted molar refractivity (Wildman–Crippen MR) is 88.4 cm³/mol. The predicted octanol–water partition coefficient (Wildman–Crippen LogP) is 1.38. The van der Waals surface area contributed by atoms with Gasteiger partial charge >= 0.3 is 0 Å². The Kier molecular flexibility index (Phi) is 4.32. The van der Waals surface area contributed by atoms with Crippen molar-refractivity contribution in [3.05, 3.63) is 45.0 Å². The molecule has 3 rings (SSSR count). The van der Waals surface area contributed by atoms with Crippen LogP contribution in [-0.2, 0) is 11.3 Å². The zero-order valence-electron chi connectivity index (χ0n) is 13.2. The number of amides is 1. The van der Waals surface area contributed by atoms with Gasteiger partial charge < -0.3 is 5.32 Å². The minimum atomic E-state index is -0.362. The van der Waals surface area contributed by atoms with Gasteiger partial charge in [-0.15, -0.1) is 0 Å². The van der Waals surface area contributed by atoms with E-state index in [1.54, 1.807) is 24.3 Å². The smallest absolute Gasteiger partial charge is 0.273 e. The third-order valence-electron chi connectivity index (χ3n) is 4.64. The highest BCUT2D eigenvalue weighted by molar-refractivity contribution is 5.81. The number of fused-ring (bicyclic) bond motifs is 1. The fourth-order valence-electron chi connectivity index (χ4n) is 3.28. The van der Waals surface area contributed by atoms with E-state index in [-0.39, 0.29) is 29.6 Å².